The SMILES string of the molecule is Clc1ncc(Br)nc1OCc1ccccc1. The van der Waals surface area contributed by atoms with Crippen LogP contribution in [0.15, 0.2) is 41.1 Å². The molecule has 1 heterocycles. The van der Waals surface area contributed by atoms with Gasteiger partial charge in [-0.3, -0.25) is 0 Å². The number of rotatable bonds is 3. The molecule has 0 saturated carbocycles. The van der Waals surface area contributed by atoms with Crippen LogP contribution in [-0.4, -0.2) is 9.97 Å². The molecule has 0 saturated heterocycles. The van der Waals surface area contributed by atoms with Gasteiger partial charge in [-0.25, -0.2) is 9.97 Å². The standard InChI is InChI=1S/C11H8BrClN2O/c12-9-6-14-10(13)11(15-9)16-7-8-4-2-1-3-5-8/h1-6H,7H2. The van der Waals surface area contributed by atoms with Crippen LogP contribution in [0.1, 0.15) is 5.56 Å². The number of hydrogen-bond donors (Lipinski definition) is 0. The maximum atomic E-state index is 5.84. The molecule has 0 atom stereocenters. The molecule has 2 rings (SSSR count). The van der Waals surface area contributed by atoms with Crippen LogP contribution in [0, 0.1) is 0 Å². The summed E-state index contributed by atoms with van der Waals surface area (Å²) in [6, 6.07) is 9.80. The van der Waals surface area contributed by atoms with Gasteiger partial charge in [-0.05, 0) is 21.5 Å². The maximum absolute atomic E-state index is 5.84. The predicted octanol–water partition coefficient (Wildman–Crippen LogP) is 3.47. The fourth-order valence-corrected chi connectivity index (χ4v) is 1.56. The monoisotopic (exact) mass is 298 g/mol. The number of nitrogens with zero attached hydrogens (tertiary/aromatic N) is 2. The zero-order valence-electron chi connectivity index (χ0n) is 8.23. The summed E-state index contributed by atoms with van der Waals surface area (Å²) in [6.45, 7) is 0.422. The molecule has 0 aliphatic carbocycles. The van der Waals surface area contributed by atoms with E-state index in [1.54, 1.807) is 0 Å². The zero-order valence-corrected chi connectivity index (χ0v) is 10.6. The minimum Gasteiger partial charge on any atom is -0.471 e. The molecule has 0 unspecified atom stereocenters. The predicted molar refractivity (Wildman–Crippen MR) is 65.5 cm³/mol. The van der Waals surface area contributed by atoms with E-state index in [0.717, 1.165) is 5.56 Å². The molecule has 0 amide bonds. The Hall–Kier alpha value is -1.13. The Bertz CT molecular complexity index is 479. The molecule has 1 aromatic carbocycles. The molecule has 2 aromatic rings. The Morgan fingerprint density at radius 2 is 2.00 bits per heavy atom. The lowest BCUT2D eigenvalue weighted by atomic mass is 10.2. The van der Waals surface area contributed by atoms with Gasteiger partial charge < -0.3 is 4.74 Å². The highest BCUT2D eigenvalue weighted by molar-refractivity contribution is 9.10. The van der Waals surface area contributed by atoms with Crippen molar-refractivity contribution >= 4 is 27.5 Å². The summed E-state index contributed by atoms with van der Waals surface area (Å²) in [5.74, 6) is 0.333. The van der Waals surface area contributed by atoms with E-state index < -0.39 is 0 Å². The lowest BCUT2D eigenvalue weighted by Crippen LogP contribution is -1.98. The van der Waals surface area contributed by atoms with E-state index in [-0.39, 0.29) is 5.15 Å². The van der Waals surface area contributed by atoms with Gasteiger partial charge >= 0.3 is 0 Å². The molecular weight excluding hydrogens is 291 g/mol. The largest absolute Gasteiger partial charge is 0.471 e. The first-order chi connectivity index (χ1) is 7.75. The Balaban J connectivity index is 2.08. The summed E-state index contributed by atoms with van der Waals surface area (Å²) in [6.07, 6.45) is 1.53. The second kappa shape index (κ2) is 5.27. The van der Waals surface area contributed by atoms with Gasteiger partial charge in [0.25, 0.3) is 5.88 Å². The topological polar surface area (TPSA) is 35.0 Å². The normalized spacial score (nSPS) is 10.1. The van der Waals surface area contributed by atoms with Crippen LogP contribution in [-0.2, 0) is 6.61 Å². The first-order valence-corrected chi connectivity index (χ1v) is 5.77. The van der Waals surface area contributed by atoms with E-state index in [1.807, 2.05) is 30.3 Å². The van der Waals surface area contributed by atoms with Crippen LogP contribution in [0.3, 0.4) is 0 Å². The number of halogens is 2. The molecule has 0 fully saturated rings. The Labute approximate surface area is 107 Å². The highest BCUT2D eigenvalue weighted by atomic mass is 79.9. The van der Waals surface area contributed by atoms with Crippen molar-refractivity contribution in [2.75, 3.05) is 0 Å². The molecular formula is C11H8BrClN2O. The van der Waals surface area contributed by atoms with Gasteiger partial charge in [-0.2, -0.15) is 0 Å². The Morgan fingerprint density at radius 3 is 2.75 bits per heavy atom. The van der Waals surface area contributed by atoms with Crippen LogP contribution in [0.2, 0.25) is 5.15 Å². The molecule has 5 heteroatoms. The van der Waals surface area contributed by atoms with Gasteiger partial charge in [-0.1, -0.05) is 41.9 Å². The lowest BCUT2D eigenvalue weighted by molar-refractivity contribution is 0.292. The third kappa shape index (κ3) is 2.93. The second-order valence-corrected chi connectivity index (χ2v) is 4.23. The van der Waals surface area contributed by atoms with Crippen molar-refractivity contribution in [3.8, 4) is 5.88 Å². The van der Waals surface area contributed by atoms with Crippen molar-refractivity contribution in [1.82, 2.24) is 9.97 Å². The fraction of sp³-hybridized carbons (Fsp3) is 0.0909. The van der Waals surface area contributed by atoms with Crippen molar-refractivity contribution in [2.45, 2.75) is 6.61 Å². The second-order valence-electron chi connectivity index (χ2n) is 3.06. The summed E-state index contributed by atoms with van der Waals surface area (Å²) in [4.78, 5) is 8.01. The molecule has 1 aromatic heterocycles. The molecule has 82 valence electrons. The summed E-state index contributed by atoms with van der Waals surface area (Å²) < 4.78 is 6.07. The minimum absolute atomic E-state index is 0.263. The van der Waals surface area contributed by atoms with Crippen LogP contribution < -0.4 is 4.74 Å². The molecule has 0 aliphatic heterocycles. The van der Waals surface area contributed by atoms with Crippen molar-refractivity contribution in [2.24, 2.45) is 0 Å². The molecule has 16 heavy (non-hydrogen) atoms. The summed E-state index contributed by atoms with van der Waals surface area (Å²) >= 11 is 9.05. The van der Waals surface area contributed by atoms with Crippen molar-refractivity contribution in [3.05, 3.63) is 51.8 Å². The maximum Gasteiger partial charge on any atom is 0.253 e. The van der Waals surface area contributed by atoms with Gasteiger partial charge in [0, 0.05) is 0 Å². The van der Waals surface area contributed by atoms with E-state index >= 15 is 0 Å². The van der Waals surface area contributed by atoms with Gasteiger partial charge in [0.1, 0.15) is 11.2 Å². The quantitative estimate of drug-likeness (QED) is 0.870. The number of benzene rings is 1. The summed E-state index contributed by atoms with van der Waals surface area (Å²) in [5, 5.41) is 0.263. The summed E-state index contributed by atoms with van der Waals surface area (Å²) in [5.41, 5.74) is 1.06. The molecule has 0 bridgehead atoms. The Kier molecular flexibility index (Phi) is 3.74. The highest BCUT2D eigenvalue weighted by Crippen LogP contribution is 2.21. The van der Waals surface area contributed by atoms with E-state index in [0.29, 0.717) is 17.1 Å². The number of ether oxygens (including phenoxy) is 1. The van der Waals surface area contributed by atoms with Crippen molar-refractivity contribution in [1.29, 1.82) is 0 Å². The number of hydrogen-bond acceptors (Lipinski definition) is 3. The average Bonchev–Trinajstić information content (AvgIpc) is 2.32. The minimum atomic E-state index is 0.263. The van der Waals surface area contributed by atoms with Crippen molar-refractivity contribution < 1.29 is 4.74 Å². The first-order valence-electron chi connectivity index (χ1n) is 4.60. The van der Waals surface area contributed by atoms with Crippen LogP contribution in [0.25, 0.3) is 0 Å². The highest BCUT2D eigenvalue weighted by Gasteiger charge is 2.05. The van der Waals surface area contributed by atoms with E-state index in [9.17, 15) is 0 Å². The van der Waals surface area contributed by atoms with Gasteiger partial charge in [0.05, 0.1) is 6.20 Å². The van der Waals surface area contributed by atoms with Gasteiger partial charge in [-0.15, -0.1) is 0 Å². The fourth-order valence-electron chi connectivity index (χ4n) is 1.15. The molecule has 0 aliphatic rings. The molecule has 0 spiro atoms. The van der Waals surface area contributed by atoms with Crippen LogP contribution in [0.4, 0.5) is 0 Å². The van der Waals surface area contributed by atoms with Crippen molar-refractivity contribution in [3.63, 3.8) is 0 Å². The third-order valence-electron chi connectivity index (χ3n) is 1.89. The molecule has 0 radical (unpaired) electrons. The van der Waals surface area contributed by atoms with Crippen LogP contribution >= 0.6 is 27.5 Å². The van der Waals surface area contributed by atoms with Gasteiger partial charge in [0.2, 0.25) is 0 Å². The average molecular weight is 300 g/mol. The third-order valence-corrected chi connectivity index (χ3v) is 2.53. The first kappa shape index (κ1) is 11.4. The smallest absolute Gasteiger partial charge is 0.253 e. The van der Waals surface area contributed by atoms with Crippen LogP contribution in [0.5, 0.6) is 5.88 Å². The lowest BCUT2D eigenvalue weighted by Gasteiger charge is -2.06. The van der Waals surface area contributed by atoms with E-state index in [2.05, 4.69) is 25.9 Å². The van der Waals surface area contributed by atoms with E-state index in [1.165, 1.54) is 6.20 Å². The van der Waals surface area contributed by atoms with E-state index in [4.69, 9.17) is 16.3 Å². The number of aromatic nitrogens is 2. The zero-order chi connectivity index (χ0) is 11.4. The Morgan fingerprint density at radius 1 is 1.25 bits per heavy atom. The van der Waals surface area contributed by atoms with Gasteiger partial charge in [0.15, 0.2) is 5.15 Å². The molecule has 3 nitrogen and oxygen atoms in total. The summed E-state index contributed by atoms with van der Waals surface area (Å²) in [7, 11) is 0. The molecule has 0 N–H and O–H groups in total.